The van der Waals surface area contributed by atoms with Crippen molar-refractivity contribution >= 4 is 12.2 Å². The largest absolute Gasteiger partial charge is 0.341 e. The minimum Gasteiger partial charge on any atom is -0.341 e. The average molecular weight is 274 g/mol. The Balaban J connectivity index is 2.40. The van der Waals surface area contributed by atoms with Gasteiger partial charge < -0.3 is 10.2 Å². The lowest BCUT2D eigenvalue weighted by Gasteiger charge is -2.19. The number of nitrogens with zero attached hydrogens (tertiary/aromatic N) is 3. The van der Waals surface area contributed by atoms with Crippen molar-refractivity contribution in [2.24, 2.45) is 0 Å². The minimum absolute atomic E-state index is 0.0470. The van der Waals surface area contributed by atoms with Gasteiger partial charge in [0.1, 0.15) is 6.29 Å². The first-order valence-corrected chi connectivity index (χ1v) is 6.46. The molecule has 0 aliphatic carbocycles. The van der Waals surface area contributed by atoms with Gasteiger partial charge in [-0.2, -0.15) is 5.26 Å². The molecule has 0 spiro atoms. The van der Waals surface area contributed by atoms with E-state index < -0.39 is 0 Å². The second-order valence-electron chi connectivity index (χ2n) is 4.18. The highest BCUT2D eigenvalue weighted by molar-refractivity contribution is 5.78. The smallest absolute Gasteiger partial charge is 0.236 e. The second-order valence-corrected chi connectivity index (χ2v) is 4.18. The Bertz CT molecular complexity index is 496. The van der Waals surface area contributed by atoms with Crippen molar-refractivity contribution in [2.75, 3.05) is 19.6 Å². The fourth-order valence-corrected chi connectivity index (χ4v) is 1.72. The topological polar surface area (TPSA) is 86.1 Å². The molecule has 0 unspecified atom stereocenters. The molecule has 0 aliphatic heterocycles. The van der Waals surface area contributed by atoms with Crippen molar-refractivity contribution in [2.45, 2.75) is 19.9 Å². The molecule has 20 heavy (non-hydrogen) atoms. The number of hydrogen-bond acceptors (Lipinski definition) is 5. The fraction of sp³-hybridized carbons (Fsp3) is 0.429. The Morgan fingerprint density at radius 1 is 1.60 bits per heavy atom. The zero-order chi connectivity index (χ0) is 14.8. The summed E-state index contributed by atoms with van der Waals surface area (Å²) in [6.45, 7) is 3.52. The van der Waals surface area contributed by atoms with Crippen molar-refractivity contribution in [3.63, 3.8) is 0 Å². The first-order chi connectivity index (χ1) is 9.71. The van der Waals surface area contributed by atoms with Gasteiger partial charge in [-0.3, -0.25) is 14.6 Å². The van der Waals surface area contributed by atoms with Gasteiger partial charge >= 0.3 is 0 Å². The summed E-state index contributed by atoms with van der Waals surface area (Å²) in [4.78, 5) is 28.2. The summed E-state index contributed by atoms with van der Waals surface area (Å²) in [6, 6.07) is 5.33. The molecule has 1 amide bonds. The van der Waals surface area contributed by atoms with E-state index in [0.29, 0.717) is 37.3 Å². The maximum Gasteiger partial charge on any atom is 0.236 e. The van der Waals surface area contributed by atoms with Crippen LogP contribution in [0.5, 0.6) is 0 Å². The van der Waals surface area contributed by atoms with E-state index in [4.69, 9.17) is 5.26 Å². The summed E-state index contributed by atoms with van der Waals surface area (Å²) >= 11 is 0. The Morgan fingerprint density at radius 3 is 3.05 bits per heavy atom. The van der Waals surface area contributed by atoms with Crippen molar-refractivity contribution in [3.05, 3.63) is 29.6 Å². The molecule has 0 aromatic carbocycles. The number of pyridine rings is 1. The standard InChI is InChI=1S/C14H18N4O2/c1-2-18(7-3-5-15)14(20)10-16-9-13-8-12(11-19)4-6-17-13/h4,6,8,11,16H,2-3,7,9-10H2,1H3. The molecule has 6 nitrogen and oxygen atoms in total. The lowest BCUT2D eigenvalue weighted by molar-refractivity contribution is -0.130. The van der Waals surface area contributed by atoms with Crippen LogP contribution in [0.25, 0.3) is 0 Å². The van der Waals surface area contributed by atoms with E-state index in [0.717, 1.165) is 6.29 Å². The van der Waals surface area contributed by atoms with Crippen LogP contribution >= 0.6 is 0 Å². The van der Waals surface area contributed by atoms with Crippen LogP contribution in [0, 0.1) is 11.3 Å². The molecular formula is C14H18N4O2. The van der Waals surface area contributed by atoms with E-state index in [-0.39, 0.29) is 12.5 Å². The van der Waals surface area contributed by atoms with Crippen molar-refractivity contribution < 1.29 is 9.59 Å². The SMILES string of the molecule is CCN(CCC#N)C(=O)CNCc1cc(C=O)ccn1. The molecule has 0 aliphatic rings. The number of hydrogen-bond donors (Lipinski definition) is 1. The molecule has 1 rings (SSSR count). The lowest BCUT2D eigenvalue weighted by Crippen LogP contribution is -2.38. The number of carbonyl (C=O) groups is 2. The number of carbonyl (C=O) groups excluding carboxylic acids is 2. The van der Waals surface area contributed by atoms with E-state index in [9.17, 15) is 9.59 Å². The van der Waals surface area contributed by atoms with E-state index in [1.54, 1.807) is 23.2 Å². The third-order valence-electron chi connectivity index (χ3n) is 2.79. The fourth-order valence-electron chi connectivity index (χ4n) is 1.72. The van der Waals surface area contributed by atoms with Gasteiger partial charge in [0.25, 0.3) is 0 Å². The molecule has 0 bridgehead atoms. The predicted octanol–water partition coefficient (Wildman–Crippen LogP) is 0.746. The summed E-state index contributed by atoms with van der Waals surface area (Å²) in [6.07, 6.45) is 2.66. The van der Waals surface area contributed by atoms with Gasteiger partial charge in [-0.25, -0.2) is 0 Å². The molecular weight excluding hydrogens is 256 g/mol. The molecule has 0 atom stereocenters. The maximum absolute atomic E-state index is 11.9. The van der Waals surface area contributed by atoms with Gasteiger partial charge in [0.15, 0.2) is 0 Å². The molecule has 1 aromatic heterocycles. The van der Waals surface area contributed by atoms with Crippen LogP contribution in [0.15, 0.2) is 18.3 Å². The predicted molar refractivity (Wildman–Crippen MR) is 73.8 cm³/mol. The van der Waals surface area contributed by atoms with Gasteiger partial charge in [0, 0.05) is 31.4 Å². The number of aromatic nitrogens is 1. The number of likely N-dealkylation sites (N-methyl/N-ethyl adjacent to an activating group) is 1. The zero-order valence-corrected chi connectivity index (χ0v) is 11.5. The van der Waals surface area contributed by atoms with Gasteiger partial charge in [-0.15, -0.1) is 0 Å². The molecule has 1 heterocycles. The average Bonchev–Trinajstić information content (AvgIpc) is 2.48. The van der Waals surface area contributed by atoms with Crippen LogP contribution in [0.1, 0.15) is 29.4 Å². The normalized spacial score (nSPS) is 9.80. The van der Waals surface area contributed by atoms with Gasteiger partial charge in [0.05, 0.1) is 24.7 Å². The number of nitriles is 1. The summed E-state index contributed by atoms with van der Waals surface area (Å²) in [5, 5.41) is 11.5. The van der Waals surface area contributed by atoms with Crippen LogP contribution in [-0.2, 0) is 11.3 Å². The number of aldehydes is 1. The number of nitrogens with one attached hydrogen (secondary N) is 1. The van der Waals surface area contributed by atoms with Crippen LogP contribution in [0.3, 0.4) is 0 Å². The summed E-state index contributed by atoms with van der Waals surface area (Å²) in [7, 11) is 0. The van der Waals surface area contributed by atoms with Crippen LogP contribution in [0.2, 0.25) is 0 Å². The molecule has 0 fully saturated rings. The highest BCUT2D eigenvalue weighted by Crippen LogP contribution is 1.99. The number of rotatable bonds is 8. The first-order valence-electron chi connectivity index (χ1n) is 6.46. The van der Waals surface area contributed by atoms with Crippen molar-refractivity contribution in [1.82, 2.24) is 15.2 Å². The Kier molecular flexibility index (Phi) is 6.93. The third kappa shape index (κ3) is 5.16. The summed E-state index contributed by atoms with van der Waals surface area (Å²) in [5.41, 5.74) is 1.27. The number of amides is 1. The van der Waals surface area contributed by atoms with Crippen LogP contribution in [0.4, 0.5) is 0 Å². The van der Waals surface area contributed by atoms with Gasteiger partial charge in [-0.1, -0.05) is 0 Å². The maximum atomic E-state index is 11.9. The monoisotopic (exact) mass is 274 g/mol. The minimum atomic E-state index is -0.0470. The first kappa shape index (κ1) is 15.8. The van der Waals surface area contributed by atoms with E-state index in [1.165, 1.54) is 0 Å². The molecule has 106 valence electrons. The van der Waals surface area contributed by atoms with Crippen LogP contribution < -0.4 is 5.32 Å². The molecule has 0 radical (unpaired) electrons. The van der Waals surface area contributed by atoms with Crippen molar-refractivity contribution in [1.29, 1.82) is 5.26 Å². The lowest BCUT2D eigenvalue weighted by atomic mass is 10.2. The highest BCUT2D eigenvalue weighted by atomic mass is 16.2. The Hall–Kier alpha value is -2.26. The molecule has 1 aromatic rings. The Morgan fingerprint density at radius 2 is 2.40 bits per heavy atom. The summed E-state index contributed by atoms with van der Waals surface area (Å²) in [5.74, 6) is -0.0470. The third-order valence-corrected chi connectivity index (χ3v) is 2.79. The van der Waals surface area contributed by atoms with E-state index in [2.05, 4.69) is 10.3 Å². The zero-order valence-electron chi connectivity index (χ0n) is 11.5. The molecule has 0 saturated heterocycles. The van der Waals surface area contributed by atoms with Crippen LogP contribution in [-0.4, -0.2) is 41.7 Å². The van der Waals surface area contributed by atoms with Gasteiger partial charge in [0.2, 0.25) is 5.91 Å². The van der Waals surface area contributed by atoms with E-state index >= 15 is 0 Å². The highest BCUT2D eigenvalue weighted by Gasteiger charge is 2.10. The van der Waals surface area contributed by atoms with E-state index in [1.807, 2.05) is 13.0 Å². The quantitative estimate of drug-likeness (QED) is 0.707. The Labute approximate surface area is 118 Å². The second kappa shape index (κ2) is 8.77. The molecule has 0 saturated carbocycles. The molecule has 1 N–H and O–H groups in total. The summed E-state index contributed by atoms with van der Waals surface area (Å²) < 4.78 is 0. The van der Waals surface area contributed by atoms with Gasteiger partial charge in [-0.05, 0) is 19.1 Å². The van der Waals surface area contributed by atoms with Crippen molar-refractivity contribution in [3.8, 4) is 6.07 Å². The molecule has 6 heteroatoms.